The molecule has 3 heterocycles. The van der Waals surface area contributed by atoms with Gasteiger partial charge in [-0.15, -0.1) is 0 Å². The summed E-state index contributed by atoms with van der Waals surface area (Å²) in [6.45, 7) is 0.364. The Morgan fingerprint density at radius 3 is 2.57 bits per heavy atom. The second kappa shape index (κ2) is 5.88. The highest BCUT2D eigenvalue weighted by Crippen LogP contribution is 2.28. The van der Waals surface area contributed by atoms with Crippen molar-refractivity contribution in [3.8, 4) is 10.7 Å². The predicted octanol–water partition coefficient (Wildman–Crippen LogP) is 2.96. The second-order valence-electron chi connectivity index (χ2n) is 4.03. The van der Waals surface area contributed by atoms with E-state index in [0.717, 1.165) is 4.88 Å². The Bertz CT molecular complexity index is 783. The van der Waals surface area contributed by atoms with Gasteiger partial charge in [-0.25, -0.2) is 19.9 Å². The van der Waals surface area contributed by atoms with E-state index in [4.69, 9.17) is 23.2 Å². The Labute approximate surface area is 133 Å². The summed E-state index contributed by atoms with van der Waals surface area (Å²) in [5.74, 6) is 1.16. The molecular weight excluding hydrogens is 333 g/mol. The van der Waals surface area contributed by atoms with E-state index in [-0.39, 0.29) is 0 Å². The molecule has 0 aliphatic rings. The average molecular weight is 340 g/mol. The van der Waals surface area contributed by atoms with Gasteiger partial charge in [0.15, 0.2) is 16.6 Å². The average Bonchev–Trinajstić information content (AvgIpc) is 3.07. The van der Waals surface area contributed by atoms with Crippen molar-refractivity contribution in [1.82, 2.24) is 24.5 Å². The molecule has 0 bridgehead atoms. The Morgan fingerprint density at radius 2 is 1.95 bits per heavy atom. The largest absolute Gasteiger partial charge is 0.322 e. The Balaban J connectivity index is 1.99. The topological polar surface area (TPSA) is 73.6 Å². The second-order valence-corrected chi connectivity index (χ2v) is 6.08. The van der Waals surface area contributed by atoms with Gasteiger partial charge >= 0.3 is 0 Å². The van der Waals surface area contributed by atoms with Crippen LogP contribution < -0.4 is 0 Å². The van der Waals surface area contributed by atoms with Crippen LogP contribution in [0.2, 0.25) is 9.49 Å². The molecule has 0 amide bonds. The van der Waals surface area contributed by atoms with Gasteiger partial charge in [0, 0.05) is 18.6 Å². The number of aromatic nitrogens is 5. The number of thiazole rings is 1. The van der Waals surface area contributed by atoms with Gasteiger partial charge in [-0.3, -0.25) is 4.79 Å². The molecule has 0 aliphatic heterocycles. The summed E-state index contributed by atoms with van der Waals surface area (Å²) in [5, 5.41) is 0.465. The molecule has 106 valence electrons. The maximum absolute atomic E-state index is 10.9. The van der Waals surface area contributed by atoms with Crippen molar-refractivity contribution in [3.63, 3.8) is 0 Å². The molecule has 21 heavy (non-hydrogen) atoms. The Morgan fingerprint density at radius 1 is 1.19 bits per heavy atom. The van der Waals surface area contributed by atoms with Crippen molar-refractivity contribution in [1.29, 1.82) is 0 Å². The molecule has 0 fully saturated rings. The van der Waals surface area contributed by atoms with Crippen molar-refractivity contribution in [2.45, 2.75) is 6.54 Å². The molecule has 3 rings (SSSR count). The maximum atomic E-state index is 10.9. The van der Waals surface area contributed by atoms with E-state index in [0.29, 0.717) is 39.7 Å². The summed E-state index contributed by atoms with van der Waals surface area (Å²) in [6.07, 6.45) is 6.97. The smallest absolute Gasteiger partial charge is 0.184 e. The summed E-state index contributed by atoms with van der Waals surface area (Å²) in [7, 11) is 0. The first-order chi connectivity index (χ1) is 10.2. The molecular formula is C12H7Cl2N5OS. The van der Waals surface area contributed by atoms with Crippen LogP contribution in [0.15, 0.2) is 24.8 Å². The quantitative estimate of drug-likeness (QED) is 0.683. The summed E-state index contributed by atoms with van der Waals surface area (Å²) in [4.78, 5) is 28.2. The first-order valence-electron chi connectivity index (χ1n) is 5.76. The SMILES string of the molecule is O=Cc1cn(Cc2ncc(Cl)cn2)c(-c2cnc(Cl)s2)n1. The van der Waals surface area contributed by atoms with Gasteiger partial charge in [-0.05, 0) is 0 Å². The molecule has 0 aromatic carbocycles. The van der Waals surface area contributed by atoms with Crippen LogP contribution in [0.1, 0.15) is 16.3 Å². The predicted molar refractivity (Wildman–Crippen MR) is 79.9 cm³/mol. The minimum atomic E-state index is 0.323. The number of aldehydes is 1. The minimum absolute atomic E-state index is 0.323. The molecule has 0 aliphatic carbocycles. The third kappa shape index (κ3) is 3.10. The fraction of sp³-hybridized carbons (Fsp3) is 0.0833. The van der Waals surface area contributed by atoms with Gasteiger partial charge in [0.1, 0.15) is 11.5 Å². The number of hydrogen-bond acceptors (Lipinski definition) is 6. The monoisotopic (exact) mass is 339 g/mol. The number of imidazole rings is 1. The van der Waals surface area contributed by atoms with Gasteiger partial charge in [0.2, 0.25) is 0 Å². The molecule has 0 saturated carbocycles. The van der Waals surface area contributed by atoms with E-state index in [1.54, 1.807) is 17.0 Å². The van der Waals surface area contributed by atoms with Crippen molar-refractivity contribution >= 4 is 40.8 Å². The molecule has 0 radical (unpaired) electrons. The van der Waals surface area contributed by atoms with Crippen LogP contribution in [0.3, 0.4) is 0 Å². The summed E-state index contributed by atoms with van der Waals surface area (Å²) < 4.78 is 2.19. The number of rotatable bonds is 4. The van der Waals surface area contributed by atoms with E-state index in [2.05, 4.69) is 19.9 Å². The van der Waals surface area contributed by atoms with E-state index in [1.165, 1.54) is 23.7 Å². The molecule has 0 spiro atoms. The Hall–Kier alpha value is -1.83. The lowest BCUT2D eigenvalue weighted by Crippen LogP contribution is -2.04. The van der Waals surface area contributed by atoms with Crippen molar-refractivity contribution in [2.24, 2.45) is 0 Å². The summed E-state index contributed by atoms with van der Waals surface area (Å²) in [5.41, 5.74) is 0.323. The number of nitrogens with zero attached hydrogens (tertiary/aromatic N) is 5. The van der Waals surface area contributed by atoms with Gasteiger partial charge in [0.25, 0.3) is 0 Å². The standard InChI is InChI=1S/C12H7Cl2N5OS/c13-7-1-15-10(16-2-7)5-19-4-8(6-20)18-11(19)9-3-17-12(14)21-9/h1-4,6H,5H2. The fourth-order valence-electron chi connectivity index (χ4n) is 1.74. The minimum Gasteiger partial charge on any atom is -0.322 e. The lowest BCUT2D eigenvalue weighted by molar-refractivity contribution is 0.111. The van der Waals surface area contributed by atoms with Gasteiger partial charge in [-0.2, -0.15) is 0 Å². The first kappa shape index (κ1) is 14.1. The third-order valence-corrected chi connectivity index (χ3v) is 3.91. The van der Waals surface area contributed by atoms with E-state index < -0.39 is 0 Å². The molecule has 3 aromatic heterocycles. The van der Waals surface area contributed by atoms with Crippen molar-refractivity contribution in [2.75, 3.05) is 0 Å². The van der Waals surface area contributed by atoms with Crippen LogP contribution >= 0.6 is 34.5 Å². The molecule has 9 heteroatoms. The first-order valence-corrected chi connectivity index (χ1v) is 7.33. The summed E-state index contributed by atoms with van der Waals surface area (Å²) in [6, 6.07) is 0. The van der Waals surface area contributed by atoms with E-state index >= 15 is 0 Å². The number of carbonyl (C=O) groups excluding carboxylic acids is 1. The maximum Gasteiger partial charge on any atom is 0.184 e. The lowest BCUT2D eigenvalue weighted by Gasteiger charge is -2.04. The molecule has 0 saturated heterocycles. The van der Waals surface area contributed by atoms with Crippen LogP contribution in [0.4, 0.5) is 0 Å². The van der Waals surface area contributed by atoms with Crippen LogP contribution in [0.5, 0.6) is 0 Å². The van der Waals surface area contributed by atoms with E-state index in [9.17, 15) is 4.79 Å². The van der Waals surface area contributed by atoms with Crippen LogP contribution in [-0.4, -0.2) is 30.8 Å². The number of carbonyl (C=O) groups is 1. The van der Waals surface area contributed by atoms with Crippen LogP contribution in [0, 0.1) is 0 Å². The normalized spacial score (nSPS) is 10.8. The van der Waals surface area contributed by atoms with Crippen molar-refractivity contribution in [3.05, 3.63) is 45.8 Å². The van der Waals surface area contributed by atoms with Crippen molar-refractivity contribution < 1.29 is 4.79 Å². The molecule has 0 N–H and O–H groups in total. The zero-order chi connectivity index (χ0) is 14.8. The van der Waals surface area contributed by atoms with Gasteiger partial charge < -0.3 is 4.57 Å². The zero-order valence-electron chi connectivity index (χ0n) is 10.4. The van der Waals surface area contributed by atoms with Crippen LogP contribution in [0.25, 0.3) is 10.7 Å². The molecule has 6 nitrogen and oxygen atoms in total. The highest BCUT2D eigenvalue weighted by atomic mass is 35.5. The van der Waals surface area contributed by atoms with Gasteiger partial charge in [0.05, 0.1) is 22.6 Å². The molecule has 3 aromatic rings. The van der Waals surface area contributed by atoms with Crippen LogP contribution in [-0.2, 0) is 6.54 Å². The number of halogens is 2. The number of hydrogen-bond donors (Lipinski definition) is 0. The third-order valence-electron chi connectivity index (χ3n) is 2.60. The summed E-state index contributed by atoms with van der Waals surface area (Å²) >= 11 is 12.9. The highest BCUT2D eigenvalue weighted by molar-refractivity contribution is 7.18. The molecule has 0 unspecified atom stereocenters. The Kier molecular flexibility index (Phi) is 3.96. The highest BCUT2D eigenvalue weighted by Gasteiger charge is 2.14. The molecule has 0 atom stereocenters. The van der Waals surface area contributed by atoms with E-state index in [1.807, 2.05) is 0 Å². The lowest BCUT2D eigenvalue weighted by atomic mass is 10.4. The zero-order valence-corrected chi connectivity index (χ0v) is 12.7. The van der Waals surface area contributed by atoms with Gasteiger partial charge in [-0.1, -0.05) is 34.5 Å². The fourth-order valence-corrected chi connectivity index (χ4v) is 2.78.